The third-order valence-corrected chi connectivity index (χ3v) is 5.11. The summed E-state index contributed by atoms with van der Waals surface area (Å²) < 4.78 is 0.848. The Bertz CT molecular complexity index is 415. The van der Waals surface area contributed by atoms with Crippen LogP contribution < -0.4 is 11.1 Å². The Morgan fingerprint density at radius 3 is 2.14 bits per heavy atom. The number of alkyl halides is 1. The van der Waals surface area contributed by atoms with E-state index in [9.17, 15) is 4.79 Å². The number of allylic oxidation sites excluding steroid dienone is 2. The van der Waals surface area contributed by atoms with E-state index in [0.717, 1.165) is 10.0 Å². The monoisotopic (exact) mass is 420 g/mol. The molecule has 0 saturated carbocycles. The summed E-state index contributed by atoms with van der Waals surface area (Å²) in [6, 6.07) is 0.127. The van der Waals surface area contributed by atoms with Crippen LogP contribution in [-0.2, 0) is 4.79 Å². The molecule has 128 valence electrons. The molecule has 0 aromatic heterocycles. The highest BCUT2D eigenvalue weighted by Gasteiger charge is 2.28. The highest BCUT2D eigenvalue weighted by molar-refractivity contribution is 14.1. The summed E-state index contributed by atoms with van der Waals surface area (Å²) in [4.78, 5) is 12.1. The molecule has 22 heavy (non-hydrogen) atoms. The predicted octanol–water partition coefficient (Wildman–Crippen LogP) is 4.07. The molecule has 0 aromatic rings. The van der Waals surface area contributed by atoms with Crippen LogP contribution in [0.3, 0.4) is 0 Å². The van der Waals surface area contributed by atoms with Crippen LogP contribution in [0.5, 0.6) is 0 Å². The molecule has 0 aliphatic rings. The molecule has 0 saturated heterocycles. The molecular weight excluding hydrogens is 387 g/mol. The number of carbonyl (C=O) groups excluding carboxylic acids is 1. The van der Waals surface area contributed by atoms with Gasteiger partial charge in [-0.25, -0.2) is 0 Å². The van der Waals surface area contributed by atoms with Crippen molar-refractivity contribution in [3.63, 3.8) is 0 Å². The Morgan fingerprint density at radius 1 is 1.18 bits per heavy atom. The summed E-state index contributed by atoms with van der Waals surface area (Å²) in [5, 5.41) is 3.10. The van der Waals surface area contributed by atoms with Gasteiger partial charge in [0.05, 0.1) is 0 Å². The van der Waals surface area contributed by atoms with Gasteiger partial charge in [-0.05, 0) is 38.5 Å². The van der Waals surface area contributed by atoms with Crippen molar-refractivity contribution in [3.8, 4) is 0 Å². The van der Waals surface area contributed by atoms with Gasteiger partial charge in [-0.1, -0.05) is 68.0 Å². The van der Waals surface area contributed by atoms with E-state index >= 15 is 0 Å². The second-order valence-corrected chi connectivity index (χ2v) is 7.37. The lowest BCUT2D eigenvalue weighted by molar-refractivity contribution is -0.118. The zero-order chi connectivity index (χ0) is 17.4. The Labute approximate surface area is 150 Å². The summed E-state index contributed by atoms with van der Waals surface area (Å²) in [6.45, 7) is 14.7. The summed E-state index contributed by atoms with van der Waals surface area (Å²) in [5.41, 5.74) is 8.53. The Hall–Kier alpha value is -0.360. The maximum absolute atomic E-state index is 12.1. The molecule has 0 bridgehead atoms. The maximum Gasteiger partial charge on any atom is 0.246 e. The zero-order valence-corrected chi connectivity index (χ0v) is 17.3. The van der Waals surface area contributed by atoms with Gasteiger partial charge in [-0.2, -0.15) is 0 Å². The van der Waals surface area contributed by atoms with Crippen LogP contribution in [0.4, 0.5) is 0 Å². The largest absolute Gasteiger partial charge is 0.350 e. The van der Waals surface area contributed by atoms with E-state index in [2.05, 4.69) is 75.5 Å². The number of halogens is 1. The summed E-state index contributed by atoms with van der Waals surface area (Å²) in [6.07, 6.45) is 4.08. The minimum Gasteiger partial charge on any atom is -0.350 e. The molecule has 1 amide bonds. The van der Waals surface area contributed by atoms with Crippen LogP contribution in [0.15, 0.2) is 23.3 Å². The van der Waals surface area contributed by atoms with E-state index in [0.29, 0.717) is 17.8 Å². The van der Waals surface area contributed by atoms with E-state index in [-0.39, 0.29) is 18.0 Å². The molecule has 0 fully saturated rings. The summed E-state index contributed by atoms with van der Waals surface area (Å²) in [7, 11) is 0. The van der Waals surface area contributed by atoms with Crippen molar-refractivity contribution in [2.75, 3.05) is 4.43 Å². The lowest BCUT2D eigenvalue weighted by Crippen LogP contribution is -2.45. The van der Waals surface area contributed by atoms with E-state index in [1.807, 2.05) is 13.0 Å². The van der Waals surface area contributed by atoms with E-state index in [1.165, 1.54) is 5.57 Å². The molecule has 3 nitrogen and oxygen atoms in total. The first-order chi connectivity index (χ1) is 10.2. The number of rotatable bonds is 8. The predicted molar refractivity (Wildman–Crippen MR) is 105 cm³/mol. The standard InChI is InChI=1S/C18H33IN2O/c1-8-16(11(2)3)17(20)14(6)13(5)15(7)21-18(22)12(4)9-10-19/h8-9,11,13-15,17H,10,20H2,1-7H3,(H,21,22)/b12-9+,16-8-/t13-,14-,15?,17-/m0/s1. The van der Waals surface area contributed by atoms with Crippen molar-refractivity contribution in [2.45, 2.75) is 60.5 Å². The second-order valence-electron chi connectivity index (χ2n) is 6.49. The van der Waals surface area contributed by atoms with Crippen molar-refractivity contribution < 1.29 is 4.79 Å². The van der Waals surface area contributed by atoms with Crippen molar-refractivity contribution in [2.24, 2.45) is 23.5 Å². The molecule has 0 spiro atoms. The maximum atomic E-state index is 12.1. The van der Waals surface area contributed by atoms with Crippen LogP contribution in [0.2, 0.25) is 0 Å². The quantitative estimate of drug-likeness (QED) is 0.269. The zero-order valence-electron chi connectivity index (χ0n) is 15.1. The highest BCUT2D eigenvalue weighted by Crippen LogP contribution is 2.25. The normalized spacial score (nSPS) is 18.8. The van der Waals surface area contributed by atoms with Crippen LogP contribution in [0, 0.1) is 17.8 Å². The minimum absolute atomic E-state index is 0.0203. The van der Waals surface area contributed by atoms with Gasteiger partial charge in [0.25, 0.3) is 0 Å². The second kappa shape index (κ2) is 10.4. The number of amides is 1. The average Bonchev–Trinajstić information content (AvgIpc) is 2.45. The van der Waals surface area contributed by atoms with Gasteiger partial charge >= 0.3 is 0 Å². The highest BCUT2D eigenvalue weighted by atomic mass is 127. The van der Waals surface area contributed by atoms with Crippen molar-refractivity contribution in [3.05, 3.63) is 23.3 Å². The first-order valence-electron chi connectivity index (χ1n) is 8.12. The number of hydrogen-bond donors (Lipinski definition) is 2. The Morgan fingerprint density at radius 2 is 1.73 bits per heavy atom. The average molecular weight is 420 g/mol. The van der Waals surface area contributed by atoms with E-state index in [1.54, 1.807) is 0 Å². The molecule has 0 aromatic carbocycles. The molecular formula is C18H33IN2O. The number of nitrogens with one attached hydrogen (secondary N) is 1. The van der Waals surface area contributed by atoms with E-state index in [4.69, 9.17) is 5.73 Å². The molecule has 0 radical (unpaired) electrons. The molecule has 0 heterocycles. The summed E-state index contributed by atoms with van der Waals surface area (Å²) in [5.74, 6) is 1.08. The van der Waals surface area contributed by atoms with Gasteiger partial charge in [-0.15, -0.1) is 0 Å². The number of nitrogens with two attached hydrogens (primary N) is 1. The first-order valence-corrected chi connectivity index (χ1v) is 9.65. The Balaban J connectivity index is 4.84. The molecule has 0 aliphatic carbocycles. The van der Waals surface area contributed by atoms with Crippen molar-refractivity contribution in [1.29, 1.82) is 0 Å². The molecule has 4 atom stereocenters. The van der Waals surface area contributed by atoms with Crippen LogP contribution >= 0.6 is 22.6 Å². The van der Waals surface area contributed by atoms with Crippen LogP contribution in [0.1, 0.15) is 48.5 Å². The SMILES string of the molecule is C/C=C(/C(C)C)[C@@H](N)[C@@H](C)[C@H](C)C(C)NC(=O)/C(C)=C/CI. The van der Waals surface area contributed by atoms with Gasteiger partial charge in [0, 0.05) is 22.1 Å². The van der Waals surface area contributed by atoms with Gasteiger partial charge in [-0.3, -0.25) is 4.79 Å². The van der Waals surface area contributed by atoms with Gasteiger partial charge in [0.2, 0.25) is 5.91 Å². The van der Waals surface area contributed by atoms with Gasteiger partial charge in [0.1, 0.15) is 0 Å². The third kappa shape index (κ3) is 6.41. The molecule has 4 heteroatoms. The van der Waals surface area contributed by atoms with E-state index < -0.39 is 0 Å². The van der Waals surface area contributed by atoms with Gasteiger partial charge in [0.15, 0.2) is 0 Å². The minimum atomic E-state index is 0.0203. The topological polar surface area (TPSA) is 55.1 Å². The lowest BCUT2D eigenvalue weighted by Gasteiger charge is -2.33. The van der Waals surface area contributed by atoms with Gasteiger partial charge < -0.3 is 11.1 Å². The molecule has 1 unspecified atom stereocenters. The first kappa shape index (κ1) is 21.6. The van der Waals surface area contributed by atoms with Crippen LogP contribution in [0.25, 0.3) is 0 Å². The number of hydrogen-bond acceptors (Lipinski definition) is 2. The number of carbonyl (C=O) groups is 1. The fourth-order valence-corrected chi connectivity index (χ4v) is 3.32. The summed E-state index contributed by atoms with van der Waals surface area (Å²) >= 11 is 2.24. The smallest absolute Gasteiger partial charge is 0.246 e. The third-order valence-electron chi connectivity index (χ3n) is 4.67. The fourth-order valence-electron chi connectivity index (χ4n) is 2.66. The van der Waals surface area contributed by atoms with Crippen molar-refractivity contribution in [1.82, 2.24) is 5.32 Å². The van der Waals surface area contributed by atoms with Crippen molar-refractivity contribution >= 4 is 28.5 Å². The van der Waals surface area contributed by atoms with Crippen LogP contribution in [-0.4, -0.2) is 22.4 Å². The molecule has 0 aliphatic heterocycles. The fraction of sp³-hybridized carbons (Fsp3) is 0.722. The molecule has 0 rings (SSSR count). The molecule has 3 N–H and O–H groups in total. The Kier molecular flexibility index (Phi) is 10.3. The lowest BCUT2D eigenvalue weighted by atomic mass is 9.79.